The molecule has 0 radical (unpaired) electrons. The van der Waals surface area contributed by atoms with Crippen molar-refractivity contribution >= 4 is 39.6 Å². The number of hydrogen-bond donors (Lipinski definition) is 3. The van der Waals surface area contributed by atoms with E-state index in [0.717, 1.165) is 10.7 Å². The molecular weight excluding hydrogens is 440 g/mol. The average molecular weight is 469 g/mol. The van der Waals surface area contributed by atoms with Gasteiger partial charge >= 0.3 is 6.03 Å². The van der Waals surface area contributed by atoms with E-state index in [0.29, 0.717) is 35.1 Å². The molecule has 1 aliphatic rings. The third-order valence-corrected chi connectivity index (χ3v) is 6.00. The number of rotatable bonds is 5. The third-order valence-electron chi connectivity index (χ3n) is 5.03. The highest BCUT2D eigenvalue weighted by Crippen LogP contribution is 2.27. The molecule has 1 fully saturated rings. The Labute approximate surface area is 196 Å². The zero-order chi connectivity index (χ0) is 23.8. The molecule has 1 atom stereocenters. The summed E-state index contributed by atoms with van der Waals surface area (Å²) in [6, 6.07) is 5.20. The number of likely N-dealkylation sites (tertiary alicyclic amines) is 1. The molecule has 4 rings (SSSR count). The summed E-state index contributed by atoms with van der Waals surface area (Å²) in [6.45, 7) is 10.4. The van der Waals surface area contributed by atoms with Crippen molar-refractivity contribution in [2.45, 2.75) is 52.2 Å². The van der Waals surface area contributed by atoms with E-state index in [2.05, 4.69) is 35.9 Å². The van der Waals surface area contributed by atoms with Crippen LogP contribution in [0.25, 0.3) is 10.3 Å². The van der Waals surface area contributed by atoms with Gasteiger partial charge in [-0.05, 0) is 46.8 Å². The Bertz CT molecular complexity index is 1170. The van der Waals surface area contributed by atoms with Crippen LogP contribution in [0.5, 0.6) is 0 Å². The van der Waals surface area contributed by atoms with Crippen LogP contribution in [0.4, 0.5) is 10.7 Å². The van der Waals surface area contributed by atoms with Crippen molar-refractivity contribution in [2.75, 3.05) is 18.4 Å². The summed E-state index contributed by atoms with van der Waals surface area (Å²) in [7, 11) is 0. The maximum absolute atomic E-state index is 13.3. The van der Waals surface area contributed by atoms with E-state index in [1.165, 1.54) is 11.3 Å². The summed E-state index contributed by atoms with van der Waals surface area (Å²) in [5, 5.41) is 9.81. The van der Waals surface area contributed by atoms with Crippen LogP contribution >= 0.6 is 11.3 Å². The van der Waals surface area contributed by atoms with E-state index in [1.807, 2.05) is 52.8 Å². The number of nitrogens with one attached hydrogen (secondary N) is 3. The number of carbonyl (C=O) groups is 2. The molecule has 10 nitrogen and oxygen atoms in total. The summed E-state index contributed by atoms with van der Waals surface area (Å²) in [6.07, 6.45) is 1.73. The van der Waals surface area contributed by atoms with E-state index < -0.39 is 0 Å². The second-order valence-electron chi connectivity index (χ2n) is 9.16. The summed E-state index contributed by atoms with van der Waals surface area (Å²) in [5.41, 5.74) is 1.33. The molecule has 0 aromatic carbocycles. The predicted octanol–water partition coefficient (Wildman–Crippen LogP) is 2.88. The first-order valence-corrected chi connectivity index (χ1v) is 11.6. The highest BCUT2D eigenvalue weighted by Gasteiger charge is 2.35. The van der Waals surface area contributed by atoms with Crippen LogP contribution in [0.1, 0.15) is 54.9 Å². The molecule has 3 aromatic heterocycles. The number of fused-ring (bicyclic) bond motifs is 1. The Balaban J connectivity index is 1.49. The first kappa shape index (κ1) is 22.8. The van der Waals surface area contributed by atoms with Crippen LogP contribution in [0.2, 0.25) is 0 Å². The number of nitrogens with zero attached hydrogens (tertiary/aromatic N) is 5. The Kier molecular flexibility index (Phi) is 6.15. The maximum Gasteiger partial charge on any atom is 0.315 e. The molecule has 1 aliphatic heterocycles. The lowest BCUT2D eigenvalue weighted by molar-refractivity contribution is 0.0572. The number of anilines is 1. The summed E-state index contributed by atoms with van der Waals surface area (Å²) in [5.74, 6) is 0.128. The summed E-state index contributed by atoms with van der Waals surface area (Å²) < 4.78 is 0.662. The molecule has 0 bridgehead atoms. The lowest BCUT2D eigenvalue weighted by Crippen LogP contribution is -2.63. The summed E-state index contributed by atoms with van der Waals surface area (Å²) in [4.78, 5) is 44.9. The number of aromatic nitrogens is 4. The van der Waals surface area contributed by atoms with Crippen LogP contribution in [-0.4, -0.2) is 61.4 Å². The van der Waals surface area contributed by atoms with Crippen molar-refractivity contribution in [3.8, 4) is 0 Å². The standard InChI is InChI=1S/C22H28N8O2S/c1-12(15-8-6-7-9-23-15)24-20-27-16(17-18(28-20)25-13(2)33-17)19(31)30-10-14(11-30)26-21(32)29-22(3,4)5/h6-9,12,14H,10-11H2,1-5H3,(H,24,27,28)(H2,26,29,32)/t12-/m0/s1. The van der Waals surface area contributed by atoms with Gasteiger partial charge < -0.3 is 20.9 Å². The minimum atomic E-state index is -0.324. The van der Waals surface area contributed by atoms with Gasteiger partial charge in [0, 0.05) is 24.8 Å². The fourth-order valence-electron chi connectivity index (χ4n) is 3.48. The second-order valence-corrected chi connectivity index (χ2v) is 10.4. The van der Waals surface area contributed by atoms with Crippen molar-refractivity contribution in [3.05, 3.63) is 40.8 Å². The number of amides is 3. The number of carbonyl (C=O) groups excluding carboxylic acids is 2. The van der Waals surface area contributed by atoms with Crippen molar-refractivity contribution in [1.29, 1.82) is 0 Å². The molecule has 11 heteroatoms. The minimum Gasteiger partial charge on any atom is -0.346 e. The van der Waals surface area contributed by atoms with Crippen LogP contribution in [0, 0.1) is 6.92 Å². The Morgan fingerprint density at radius 1 is 1.18 bits per heavy atom. The van der Waals surface area contributed by atoms with Gasteiger partial charge in [-0.15, -0.1) is 11.3 Å². The molecular formula is C22H28N8O2S. The SMILES string of the molecule is Cc1nc2nc(N[C@@H](C)c3ccccn3)nc(C(=O)N3CC(NC(=O)NC(C)(C)C)C3)c2s1. The number of hydrogen-bond acceptors (Lipinski definition) is 8. The monoisotopic (exact) mass is 468 g/mol. The van der Waals surface area contributed by atoms with Gasteiger partial charge in [-0.1, -0.05) is 6.07 Å². The molecule has 3 N–H and O–H groups in total. The average Bonchev–Trinajstić information content (AvgIpc) is 3.08. The van der Waals surface area contributed by atoms with Crippen molar-refractivity contribution < 1.29 is 9.59 Å². The normalized spacial score (nSPS) is 15.1. The van der Waals surface area contributed by atoms with E-state index in [-0.39, 0.29) is 29.6 Å². The van der Waals surface area contributed by atoms with Crippen LogP contribution < -0.4 is 16.0 Å². The van der Waals surface area contributed by atoms with Crippen molar-refractivity contribution in [3.63, 3.8) is 0 Å². The number of aryl methyl sites for hydroxylation is 1. The maximum atomic E-state index is 13.3. The first-order valence-electron chi connectivity index (χ1n) is 10.8. The second kappa shape index (κ2) is 8.89. The zero-order valence-corrected chi connectivity index (χ0v) is 20.2. The molecule has 1 saturated heterocycles. The van der Waals surface area contributed by atoms with E-state index in [9.17, 15) is 9.59 Å². The third kappa shape index (κ3) is 5.36. The predicted molar refractivity (Wildman–Crippen MR) is 127 cm³/mol. The van der Waals surface area contributed by atoms with Crippen LogP contribution in [-0.2, 0) is 0 Å². The van der Waals surface area contributed by atoms with E-state index in [1.54, 1.807) is 11.1 Å². The fraction of sp³-hybridized carbons (Fsp3) is 0.455. The topological polar surface area (TPSA) is 125 Å². The molecule has 3 amide bonds. The quantitative estimate of drug-likeness (QED) is 0.526. The lowest BCUT2D eigenvalue weighted by atomic mass is 10.1. The lowest BCUT2D eigenvalue weighted by Gasteiger charge is -2.39. The Morgan fingerprint density at radius 2 is 1.94 bits per heavy atom. The number of pyridine rings is 1. The molecule has 0 unspecified atom stereocenters. The molecule has 3 aromatic rings. The molecule has 0 saturated carbocycles. The van der Waals surface area contributed by atoms with Gasteiger partial charge in [0.2, 0.25) is 5.95 Å². The van der Waals surface area contributed by atoms with Gasteiger partial charge in [0.15, 0.2) is 11.3 Å². The van der Waals surface area contributed by atoms with Gasteiger partial charge in [-0.3, -0.25) is 9.78 Å². The molecule has 0 spiro atoms. The molecule has 4 heterocycles. The smallest absolute Gasteiger partial charge is 0.315 e. The molecule has 174 valence electrons. The van der Waals surface area contributed by atoms with Gasteiger partial charge in [-0.25, -0.2) is 14.8 Å². The van der Waals surface area contributed by atoms with Crippen molar-refractivity contribution in [1.82, 2.24) is 35.5 Å². The Morgan fingerprint density at radius 3 is 2.61 bits per heavy atom. The minimum absolute atomic E-state index is 0.0985. The van der Waals surface area contributed by atoms with Crippen molar-refractivity contribution in [2.24, 2.45) is 0 Å². The largest absolute Gasteiger partial charge is 0.346 e. The van der Waals surface area contributed by atoms with Crippen LogP contribution in [0.15, 0.2) is 24.4 Å². The fourth-order valence-corrected chi connectivity index (χ4v) is 4.32. The van der Waals surface area contributed by atoms with E-state index >= 15 is 0 Å². The number of thiazole rings is 1. The molecule has 0 aliphatic carbocycles. The first-order chi connectivity index (χ1) is 15.6. The highest BCUT2D eigenvalue weighted by molar-refractivity contribution is 7.18. The van der Waals surface area contributed by atoms with Gasteiger partial charge in [0.25, 0.3) is 5.91 Å². The molecule has 33 heavy (non-hydrogen) atoms. The highest BCUT2D eigenvalue weighted by atomic mass is 32.1. The number of urea groups is 1. The van der Waals surface area contributed by atoms with Gasteiger partial charge in [0.1, 0.15) is 4.70 Å². The summed E-state index contributed by atoms with van der Waals surface area (Å²) >= 11 is 1.40. The van der Waals surface area contributed by atoms with Crippen LogP contribution in [0.3, 0.4) is 0 Å². The zero-order valence-electron chi connectivity index (χ0n) is 19.3. The van der Waals surface area contributed by atoms with Gasteiger partial charge in [-0.2, -0.15) is 4.98 Å². The Hall–Kier alpha value is -3.34. The van der Waals surface area contributed by atoms with E-state index in [4.69, 9.17) is 0 Å². The van der Waals surface area contributed by atoms with Gasteiger partial charge in [0.05, 0.1) is 22.8 Å².